The Bertz CT molecular complexity index is 725. The second-order valence-corrected chi connectivity index (χ2v) is 6.13. The lowest BCUT2D eigenvalue weighted by Crippen LogP contribution is -2.11. The van der Waals surface area contributed by atoms with Crippen molar-refractivity contribution in [1.82, 2.24) is 9.97 Å². The maximum Gasteiger partial charge on any atom is 0.257 e. The van der Waals surface area contributed by atoms with Gasteiger partial charge in [-0.15, -0.1) is 0 Å². The summed E-state index contributed by atoms with van der Waals surface area (Å²) in [7, 11) is 0. The van der Waals surface area contributed by atoms with Crippen LogP contribution < -0.4 is 5.32 Å². The van der Waals surface area contributed by atoms with Crippen molar-refractivity contribution >= 4 is 38.3 Å². The van der Waals surface area contributed by atoms with Crippen LogP contribution in [0.4, 0.5) is 5.13 Å². The first kappa shape index (κ1) is 13.0. The van der Waals surface area contributed by atoms with Gasteiger partial charge in [-0.05, 0) is 40.2 Å². The van der Waals surface area contributed by atoms with E-state index in [1.54, 1.807) is 36.9 Å². The molecule has 5 nitrogen and oxygen atoms in total. The Morgan fingerprint density at radius 1 is 1.30 bits per heavy atom. The number of rotatable bonds is 3. The summed E-state index contributed by atoms with van der Waals surface area (Å²) in [4.78, 5) is 20.2. The molecule has 0 aliphatic carbocycles. The average Bonchev–Trinajstić information content (AvgIpc) is 3.09. The number of carbonyl (C=O) groups is 1. The van der Waals surface area contributed by atoms with Gasteiger partial charge in [0.1, 0.15) is 9.48 Å². The summed E-state index contributed by atoms with van der Waals surface area (Å²) in [5.41, 5.74) is 1.20. The van der Waals surface area contributed by atoms with E-state index in [1.807, 2.05) is 6.07 Å². The number of halogens is 1. The lowest BCUT2D eigenvalue weighted by molar-refractivity contribution is 0.102. The lowest BCUT2D eigenvalue weighted by atomic mass is 10.2. The number of hydrogen-bond acceptors (Lipinski definition) is 5. The number of nitrogens with one attached hydrogen (secondary N) is 1. The molecular weight excluding hydrogens is 342 g/mol. The number of nitrogens with zero attached hydrogens (tertiary/aromatic N) is 2. The van der Waals surface area contributed by atoms with Crippen LogP contribution >= 0.6 is 27.3 Å². The smallest absolute Gasteiger partial charge is 0.257 e. The minimum Gasteiger partial charge on any atom is -0.463 e. The fourth-order valence-corrected chi connectivity index (χ4v) is 3.03. The fraction of sp³-hybridized carbons (Fsp3) is 0. The molecule has 0 aliphatic rings. The summed E-state index contributed by atoms with van der Waals surface area (Å²) in [5, 5.41) is 3.26. The van der Waals surface area contributed by atoms with Crippen LogP contribution in [0.1, 0.15) is 10.4 Å². The molecule has 20 heavy (non-hydrogen) atoms. The summed E-state index contributed by atoms with van der Waals surface area (Å²) in [5.74, 6) is 0.428. The van der Waals surface area contributed by atoms with E-state index in [9.17, 15) is 4.79 Å². The second kappa shape index (κ2) is 5.56. The van der Waals surface area contributed by atoms with Gasteiger partial charge in [0.2, 0.25) is 0 Å². The molecule has 0 saturated carbocycles. The number of furan rings is 1. The van der Waals surface area contributed by atoms with Gasteiger partial charge in [0, 0.05) is 18.0 Å². The van der Waals surface area contributed by atoms with Gasteiger partial charge < -0.3 is 4.42 Å². The van der Waals surface area contributed by atoms with E-state index in [0.29, 0.717) is 22.1 Å². The number of carbonyl (C=O) groups excluding carboxylic acids is 1. The molecule has 0 spiro atoms. The van der Waals surface area contributed by atoms with Crippen LogP contribution in [0.3, 0.4) is 0 Å². The molecule has 0 unspecified atom stereocenters. The molecule has 0 radical (unpaired) electrons. The highest BCUT2D eigenvalue weighted by atomic mass is 79.9. The number of anilines is 1. The zero-order valence-electron chi connectivity index (χ0n) is 10.0. The molecule has 0 fully saturated rings. The molecule has 1 N–H and O–H groups in total. The molecule has 1 amide bonds. The van der Waals surface area contributed by atoms with E-state index < -0.39 is 0 Å². The highest BCUT2D eigenvalue weighted by Gasteiger charge is 2.15. The summed E-state index contributed by atoms with van der Waals surface area (Å²) < 4.78 is 6.10. The Kier molecular flexibility index (Phi) is 3.62. The largest absolute Gasteiger partial charge is 0.463 e. The minimum absolute atomic E-state index is 0.223. The molecule has 7 heteroatoms. The standard InChI is InChI=1S/C13H8BrN3O2S/c14-11-10(9-2-1-7-19-9)16-13(20-11)17-12(18)8-3-5-15-6-4-8/h1-7H,(H,16,17,18). The van der Waals surface area contributed by atoms with Crippen molar-refractivity contribution in [2.24, 2.45) is 0 Å². The van der Waals surface area contributed by atoms with Gasteiger partial charge in [-0.2, -0.15) is 0 Å². The zero-order chi connectivity index (χ0) is 13.9. The molecule has 0 saturated heterocycles. The predicted octanol–water partition coefficient (Wildman–Crippen LogP) is 3.81. The van der Waals surface area contributed by atoms with Gasteiger partial charge in [-0.3, -0.25) is 15.1 Å². The number of thiazole rings is 1. The Balaban J connectivity index is 1.83. The molecule has 3 aromatic heterocycles. The van der Waals surface area contributed by atoms with E-state index in [1.165, 1.54) is 11.3 Å². The Labute approximate surface area is 126 Å². The Morgan fingerprint density at radius 3 is 2.80 bits per heavy atom. The van der Waals surface area contributed by atoms with E-state index in [2.05, 4.69) is 31.2 Å². The maximum absolute atomic E-state index is 12.0. The van der Waals surface area contributed by atoms with Crippen molar-refractivity contribution in [2.75, 3.05) is 5.32 Å². The third kappa shape index (κ3) is 2.63. The molecule has 0 aromatic carbocycles. The topological polar surface area (TPSA) is 68.0 Å². The maximum atomic E-state index is 12.0. The van der Waals surface area contributed by atoms with Crippen LogP contribution in [-0.2, 0) is 0 Å². The third-order valence-corrected chi connectivity index (χ3v) is 4.12. The van der Waals surface area contributed by atoms with Crippen LogP contribution in [0, 0.1) is 0 Å². The first-order chi connectivity index (χ1) is 9.74. The highest BCUT2D eigenvalue weighted by Crippen LogP contribution is 2.35. The number of aromatic nitrogens is 2. The SMILES string of the molecule is O=C(Nc1nc(-c2ccco2)c(Br)s1)c1ccncc1. The summed E-state index contributed by atoms with van der Waals surface area (Å²) >= 11 is 4.75. The van der Waals surface area contributed by atoms with Gasteiger partial charge in [0.05, 0.1) is 6.26 Å². The van der Waals surface area contributed by atoms with Crippen molar-refractivity contribution in [1.29, 1.82) is 0 Å². The van der Waals surface area contributed by atoms with E-state index in [-0.39, 0.29) is 5.91 Å². The molecule has 0 bridgehead atoms. The predicted molar refractivity (Wildman–Crippen MR) is 79.7 cm³/mol. The molecule has 3 rings (SSSR count). The number of hydrogen-bond donors (Lipinski definition) is 1. The van der Waals surface area contributed by atoms with E-state index in [0.717, 1.165) is 3.79 Å². The average molecular weight is 350 g/mol. The fourth-order valence-electron chi connectivity index (χ4n) is 1.59. The Hall–Kier alpha value is -1.99. The van der Waals surface area contributed by atoms with Gasteiger partial charge >= 0.3 is 0 Å². The minimum atomic E-state index is -0.223. The monoisotopic (exact) mass is 349 g/mol. The van der Waals surface area contributed by atoms with Crippen LogP contribution in [0.25, 0.3) is 11.5 Å². The van der Waals surface area contributed by atoms with E-state index >= 15 is 0 Å². The van der Waals surface area contributed by atoms with Crippen LogP contribution in [0.2, 0.25) is 0 Å². The summed E-state index contributed by atoms with van der Waals surface area (Å²) in [6.07, 6.45) is 4.72. The zero-order valence-corrected chi connectivity index (χ0v) is 12.4. The highest BCUT2D eigenvalue weighted by molar-refractivity contribution is 9.11. The molecule has 100 valence electrons. The van der Waals surface area contributed by atoms with Gasteiger partial charge in [-0.25, -0.2) is 4.98 Å². The molecular formula is C13H8BrN3O2S. The van der Waals surface area contributed by atoms with Crippen molar-refractivity contribution in [3.8, 4) is 11.5 Å². The number of amides is 1. The van der Waals surface area contributed by atoms with Crippen molar-refractivity contribution in [3.05, 3.63) is 52.3 Å². The van der Waals surface area contributed by atoms with Crippen molar-refractivity contribution < 1.29 is 9.21 Å². The summed E-state index contributed by atoms with van der Waals surface area (Å²) in [6.45, 7) is 0. The second-order valence-electron chi connectivity index (χ2n) is 3.81. The van der Waals surface area contributed by atoms with Crippen molar-refractivity contribution in [2.45, 2.75) is 0 Å². The van der Waals surface area contributed by atoms with Crippen LogP contribution in [0.5, 0.6) is 0 Å². The molecule has 0 atom stereocenters. The van der Waals surface area contributed by atoms with Crippen LogP contribution in [0.15, 0.2) is 51.1 Å². The molecule has 3 heterocycles. The third-order valence-electron chi connectivity index (χ3n) is 2.50. The number of pyridine rings is 1. The van der Waals surface area contributed by atoms with Gasteiger partial charge in [0.25, 0.3) is 5.91 Å². The molecule has 3 aromatic rings. The Morgan fingerprint density at radius 2 is 2.10 bits per heavy atom. The molecule has 0 aliphatic heterocycles. The lowest BCUT2D eigenvalue weighted by Gasteiger charge is -2.00. The van der Waals surface area contributed by atoms with E-state index in [4.69, 9.17) is 4.42 Å². The van der Waals surface area contributed by atoms with Crippen molar-refractivity contribution in [3.63, 3.8) is 0 Å². The first-order valence-electron chi connectivity index (χ1n) is 5.65. The van der Waals surface area contributed by atoms with Gasteiger partial charge in [0.15, 0.2) is 10.9 Å². The van der Waals surface area contributed by atoms with Gasteiger partial charge in [-0.1, -0.05) is 11.3 Å². The quantitative estimate of drug-likeness (QED) is 0.780. The normalized spacial score (nSPS) is 10.4. The first-order valence-corrected chi connectivity index (χ1v) is 7.26. The van der Waals surface area contributed by atoms with Crippen LogP contribution in [-0.4, -0.2) is 15.9 Å². The summed E-state index contributed by atoms with van der Waals surface area (Å²) in [6, 6.07) is 6.89.